The van der Waals surface area contributed by atoms with Gasteiger partial charge in [-0.3, -0.25) is 4.79 Å². The highest BCUT2D eigenvalue weighted by Crippen LogP contribution is 2.33. The molecule has 3 rings (SSSR count). The Balaban J connectivity index is 1.55. The molecule has 0 heterocycles. The smallest absolute Gasteiger partial charge is 0.262 e. The van der Waals surface area contributed by atoms with Crippen LogP contribution in [0, 0.1) is 6.92 Å². The fraction of sp³-hybridized carbons (Fsp3) is 0.269. The van der Waals surface area contributed by atoms with Gasteiger partial charge in [-0.1, -0.05) is 41.4 Å². The van der Waals surface area contributed by atoms with Gasteiger partial charge in [0.1, 0.15) is 0 Å². The first-order valence-corrected chi connectivity index (χ1v) is 13.3. The van der Waals surface area contributed by atoms with E-state index in [2.05, 4.69) is 10.6 Å². The lowest BCUT2D eigenvalue weighted by atomic mass is 10.1. The molecule has 0 fully saturated rings. The molecule has 3 aromatic carbocycles. The van der Waals surface area contributed by atoms with Crippen molar-refractivity contribution in [1.29, 1.82) is 0 Å². The number of hydrogen-bond donors (Lipinski definition) is 3. The van der Waals surface area contributed by atoms with Crippen molar-refractivity contribution in [3.63, 3.8) is 0 Å². The Morgan fingerprint density at radius 2 is 1.67 bits per heavy atom. The molecule has 0 radical (unpaired) electrons. The van der Waals surface area contributed by atoms with E-state index >= 15 is 0 Å². The molecular weight excluding hydrogens is 502 g/mol. The molecule has 0 aliphatic rings. The Hall–Kier alpha value is -3.11. The summed E-state index contributed by atoms with van der Waals surface area (Å²) in [6.07, 6.45) is 0.693. The van der Waals surface area contributed by atoms with Crippen molar-refractivity contribution in [1.82, 2.24) is 5.32 Å². The highest BCUT2D eigenvalue weighted by molar-refractivity contribution is 7.89. The number of sulfonamides is 1. The topological polar surface area (TPSA) is 120 Å². The van der Waals surface area contributed by atoms with Gasteiger partial charge in [0, 0.05) is 23.3 Å². The molecule has 0 aliphatic carbocycles. The molecule has 1 amide bonds. The third kappa shape index (κ3) is 8.23. The Morgan fingerprint density at radius 3 is 2.31 bits per heavy atom. The molecule has 0 spiro atoms. The van der Waals surface area contributed by atoms with E-state index in [4.69, 9.17) is 26.2 Å². The number of nitrogens with one attached hydrogen (secondary N) is 2. The number of aryl methyl sites for hydroxylation is 1. The molecule has 0 saturated heterocycles. The molecule has 4 N–H and O–H groups in total. The summed E-state index contributed by atoms with van der Waals surface area (Å²) in [7, 11) is -3.70. The maximum atomic E-state index is 12.3. The monoisotopic (exact) mass is 531 g/mol. The summed E-state index contributed by atoms with van der Waals surface area (Å²) in [5.74, 6) is 0.597. The highest BCUT2D eigenvalue weighted by atomic mass is 35.5. The summed E-state index contributed by atoms with van der Waals surface area (Å²) < 4.78 is 34.1. The van der Waals surface area contributed by atoms with Gasteiger partial charge < -0.3 is 20.1 Å². The Labute approximate surface area is 216 Å². The first-order chi connectivity index (χ1) is 17.2. The van der Waals surface area contributed by atoms with E-state index in [1.54, 1.807) is 24.3 Å². The van der Waals surface area contributed by atoms with E-state index in [0.29, 0.717) is 48.3 Å². The molecule has 0 saturated carbocycles. The van der Waals surface area contributed by atoms with Crippen LogP contribution in [0.3, 0.4) is 0 Å². The maximum absolute atomic E-state index is 12.3. The van der Waals surface area contributed by atoms with Crippen LogP contribution in [-0.4, -0.2) is 34.1 Å². The van der Waals surface area contributed by atoms with E-state index in [1.165, 1.54) is 12.1 Å². The molecule has 0 aromatic heterocycles. The van der Waals surface area contributed by atoms with E-state index < -0.39 is 10.0 Å². The van der Waals surface area contributed by atoms with E-state index in [-0.39, 0.29) is 17.4 Å². The highest BCUT2D eigenvalue weighted by Gasteiger charge is 2.13. The van der Waals surface area contributed by atoms with E-state index in [9.17, 15) is 13.2 Å². The summed E-state index contributed by atoms with van der Waals surface area (Å²) in [6.45, 7) is 5.21. The number of carbonyl (C=O) groups excluding carboxylic acids is 1. The van der Waals surface area contributed by atoms with Gasteiger partial charge in [-0.2, -0.15) is 0 Å². The van der Waals surface area contributed by atoms with Crippen LogP contribution in [0.15, 0.2) is 65.6 Å². The number of primary sulfonamides is 1. The number of amides is 1. The summed E-state index contributed by atoms with van der Waals surface area (Å²) in [5, 5.41) is 11.7. The Kier molecular flexibility index (Phi) is 9.72. The van der Waals surface area contributed by atoms with Crippen molar-refractivity contribution >= 4 is 33.2 Å². The number of nitrogens with two attached hydrogens (primary N) is 1. The van der Waals surface area contributed by atoms with Crippen LogP contribution in [0.25, 0.3) is 0 Å². The lowest BCUT2D eigenvalue weighted by Gasteiger charge is -2.15. The van der Waals surface area contributed by atoms with Gasteiger partial charge in [-0.05, 0) is 68.3 Å². The standard InChI is InChI=1S/C26H30ClN3O5S/c1-3-34-24-14-20(16-29-13-12-19-6-10-22(11-7-19)36(28,32)33)23(27)15-25(24)35-17-26(31)30-21-8-4-18(2)5-9-21/h4-11,14-15,29H,3,12-13,16-17H2,1-2H3,(H,30,31)(H2,28,32,33). The van der Waals surface area contributed by atoms with Gasteiger partial charge in [0.05, 0.1) is 11.5 Å². The average Bonchev–Trinajstić information content (AvgIpc) is 2.84. The van der Waals surface area contributed by atoms with Crippen LogP contribution in [0.2, 0.25) is 5.02 Å². The van der Waals surface area contributed by atoms with Gasteiger partial charge in [-0.25, -0.2) is 13.6 Å². The minimum Gasteiger partial charge on any atom is -0.490 e. The normalized spacial score (nSPS) is 11.2. The minimum atomic E-state index is -3.70. The summed E-state index contributed by atoms with van der Waals surface area (Å²) >= 11 is 6.47. The van der Waals surface area contributed by atoms with Crippen LogP contribution >= 0.6 is 11.6 Å². The zero-order chi connectivity index (χ0) is 26.1. The number of anilines is 1. The van der Waals surface area contributed by atoms with Crippen molar-refractivity contribution in [3.05, 3.63) is 82.4 Å². The predicted octanol–water partition coefficient (Wildman–Crippen LogP) is 4.04. The predicted molar refractivity (Wildman–Crippen MR) is 141 cm³/mol. The molecule has 36 heavy (non-hydrogen) atoms. The van der Waals surface area contributed by atoms with Crippen molar-refractivity contribution in [2.45, 2.75) is 31.7 Å². The fourth-order valence-corrected chi connectivity index (χ4v) is 4.11. The molecule has 8 nitrogen and oxygen atoms in total. The number of rotatable bonds is 12. The van der Waals surface area contributed by atoms with Gasteiger partial charge in [0.2, 0.25) is 10.0 Å². The van der Waals surface area contributed by atoms with Crippen molar-refractivity contribution in [2.24, 2.45) is 5.14 Å². The second-order valence-electron chi connectivity index (χ2n) is 8.14. The first kappa shape index (κ1) is 27.5. The summed E-state index contributed by atoms with van der Waals surface area (Å²) in [4.78, 5) is 12.4. The lowest BCUT2D eigenvalue weighted by Crippen LogP contribution is -2.20. The zero-order valence-corrected chi connectivity index (χ0v) is 21.8. The second-order valence-corrected chi connectivity index (χ2v) is 10.1. The van der Waals surface area contributed by atoms with Crippen LogP contribution in [-0.2, 0) is 27.8 Å². The largest absolute Gasteiger partial charge is 0.490 e. The maximum Gasteiger partial charge on any atom is 0.262 e. The van der Waals surface area contributed by atoms with Crippen molar-refractivity contribution in [3.8, 4) is 11.5 Å². The molecule has 3 aromatic rings. The van der Waals surface area contributed by atoms with Crippen LogP contribution in [0.4, 0.5) is 5.69 Å². The Morgan fingerprint density at radius 1 is 1.00 bits per heavy atom. The second kappa shape index (κ2) is 12.7. The van der Waals surface area contributed by atoms with Crippen molar-refractivity contribution in [2.75, 3.05) is 25.1 Å². The van der Waals surface area contributed by atoms with Gasteiger partial charge in [-0.15, -0.1) is 0 Å². The number of benzene rings is 3. The molecule has 0 unspecified atom stereocenters. The third-order valence-corrected chi connectivity index (χ3v) is 6.55. The average molecular weight is 532 g/mol. The number of ether oxygens (including phenoxy) is 2. The molecule has 0 bridgehead atoms. The fourth-order valence-electron chi connectivity index (χ4n) is 3.37. The first-order valence-electron chi connectivity index (χ1n) is 11.4. The quantitative estimate of drug-likeness (QED) is 0.303. The molecular formula is C26H30ClN3O5S. The van der Waals surface area contributed by atoms with Gasteiger partial charge in [0.15, 0.2) is 18.1 Å². The van der Waals surface area contributed by atoms with Gasteiger partial charge >= 0.3 is 0 Å². The lowest BCUT2D eigenvalue weighted by molar-refractivity contribution is -0.118. The molecule has 10 heteroatoms. The zero-order valence-electron chi connectivity index (χ0n) is 20.2. The number of carbonyl (C=O) groups is 1. The SMILES string of the molecule is CCOc1cc(CNCCc2ccc(S(N)(=O)=O)cc2)c(Cl)cc1OCC(=O)Nc1ccc(C)cc1. The number of halogens is 1. The van der Waals surface area contributed by atoms with Crippen LogP contribution < -0.4 is 25.2 Å². The van der Waals surface area contributed by atoms with Gasteiger partial charge in [0.25, 0.3) is 5.91 Å². The van der Waals surface area contributed by atoms with Crippen LogP contribution in [0.1, 0.15) is 23.6 Å². The minimum absolute atomic E-state index is 0.0874. The van der Waals surface area contributed by atoms with Crippen LogP contribution in [0.5, 0.6) is 11.5 Å². The van der Waals surface area contributed by atoms with E-state index in [0.717, 1.165) is 16.7 Å². The summed E-state index contributed by atoms with van der Waals surface area (Å²) in [6, 6.07) is 17.4. The molecule has 0 aliphatic heterocycles. The van der Waals surface area contributed by atoms with Crippen molar-refractivity contribution < 1.29 is 22.7 Å². The molecule has 0 atom stereocenters. The number of hydrogen-bond acceptors (Lipinski definition) is 6. The van der Waals surface area contributed by atoms with E-state index in [1.807, 2.05) is 38.1 Å². The Bertz CT molecular complexity index is 1280. The summed E-state index contributed by atoms with van der Waals surface area (Å²) in [5.41, 5.74) is 3.59. The third-order valence-electron chi connectivity index (χ3n) is 5.26. The molecule has 192 valence electrons.